The van der Waals surface area contributed by atoms with Crippen LogP contribution >= 0.6 is 24.0 Å². The number of thioether (sulfide) groups is 1. The summed E-state index contributed by atoms with van der Waals surface area (Å²) in [6.07, 6.45) is -3.67. The van der Waals surface area contributed by atoms with Crippen LogP contribution in [0.4, 0.5) is 0 Å². The topological polar surface area (TPSA) is 148 Å². The average molecular weight is 567 g/mol. The first-order valence-electron chi connectivity index (χ1n) is 11.4. The van der Waals surface area contributed by atoms with Crippen LogP contribution in [0.5, 0.6) is 0 Å². The predicted octanol–water partition coefficient (Wildman–Crippen LogP) is 1.76. The van der Waals surface area contributed by atoms with Crippen molar-refractivity contribution in [2.45, 2.75) is 65.3 Å². The third kappa shape index (κ3) is 6.74. The van der Waals surface area contributed by atoms with Gasteiger partial charge in [-0.15, -0.1) is 0 Å². The van der Waals surface area contributed by atoms with Crippen LogP contribution in [-0.4, -0.2) is 81.2 Å². The fraction of sp³-hybridized carbons (Fsp3) is 0.458. The van der Waals surface area contributed by atoms with Gasteiger partial charge in [0, 0.05) is 40.1 Å². The predicted molar refractivity (Wildman–Crippen MR) is 136 cm³/mol. The van der Waals surface area contributed by atoms with Crippen molar-refractivity contribution in [2.24, 2.45) is 0 Å². The summed E-state index contributed by atoms with van der Waals surface area (Å²) >= 11 is 6.52. The van der Waals surface area contributed by atoms with Gasteiger partial charge in [-0.1, -0.05) is 24.0 Å². The smallest absolute Gasteiger partial charge is 0.303 e. The van der Waals surface area contributed by atoms with E-state index < -0.39 is 67.0 Å². The molecule has 2 aliphatic rings. The molecule has 2 fully saturated rings. The zero-order valence-corrected chi connectivity index (χ0v) is 22.8. The molecule has 1 aromatic heterocycles. The fourth-order valence-electron chi connectivity index (χ4n) is 3.98. The molecule has 2 aliphatic heterocycles. The van der Waals surface area contributed by atoms with Gasteiger partial charge in [-0.25, -0.2) is 0 Å². The summed E-state index contributed by atoms with van der Waals surface area (Å²) < 4.78 is 27.5. The largest absolute Gasteiger partial charge is 0.463 e. The van der Waals surface area contributed by atoms with E-state index in [1.807, 2.05) is 0 Å². The van der Waals surface area contributed by atoms with Crippen molar-refractivity contribution in [1.29, 1.82) is 0 Å². The quantitative estimate of drug-likeness (QED) is 0.204. The first-order chi connectivity index (χ1) is 17.9. The van der Waals surface area contributed by atoms with Gasteiger partial charge in [0.2, 0.25) is 0 Å². The number of hydrogen-bond acceptors (Lipinski definition) is 13. The zero-order valence-electron chi connectivity index (χ0n) is 21.2. The van der Waals surface area contributed by atoms with Crippen molar-refractivity contribution in [3.8, 4) is 0 Å². The number of ether oxygens (including phenoxy) is 5. The minimum Gasteiger partial charge on any atom is -0.463 e. The van der Waals surface area contributed by atoms with Crippen LogP contribution in [0.3, 0.4) is 0 Å². The highest BCUT2D eigenvalue weighted by molar-refractivity contribution is 8.26. The van der Waals surface area contributed by atoms with E-state index in [0.717, 1.165) is 43.0 Å². The highest BCUT2D eigenvalue weighted by Gasteiger charge is 2.56. The molecule has 1 amide bonds. The molecule has 0 aliphatic carbocycles. The van der Waals surface area contributed by atoms with Crippen molar-refractivity contribution in [3.05, 3.63) is 35.0 Å². The van der Waals surface area contributed by atoms with Gasteiger partial charge in [-0.2, -0.15) is 0 Å². The van der Waals surface area contributed by atoms with E-state index in [-0.39, 0.29) is 4.32 Å². The SMILES string of the molecule is CC(=O)OC[C@H]1O[C@@H](N2C(=O)C(=C(C)c3ccncc3)SC2=S)[C@H](OC(C)=O)[C@@H](OC(C)=O)[C@@H]1OC(C)=O. The van der Waals surface area contributed by atoms with Gasteiger partial charge in [0.25, 0.3) is 5.91 Å². The Hall–Kier alpha value is -3.36. The molecule has 38 heavy (non-hydrogen) atoms. The maximum absolute atomic E-state index is 13.7. The van der Waals surface area contributed by atoms with Gasteiger partial charge in [0.1, 0.15) is 12.7 Å². The Labute approximate surface area is 228 Å². The normalized spacial score (nSPS) is 26.4. The maximum atomic E-state index is 13.7. The highest BCUT2D eigenvalue weighted by Crippen LogP contribution is 2.41. The molecule has 0 unspecified atom stereocenters. The molecule has 204 valence electrons. The molecule has 0 bridgehead atoms. The number of carbonyl (C=O) groups is 5. The second kappa shape index (κ2) is 12.5. The Balaban J connectivity index is 2.09. The molecular weight excluding hydrogens is 540 g/mol. The second-order valence-electron chi connectivity index (χ2n) is 8.32. The number of aromatic nitrogens is 1. The molecule has 0 N–H and O–H groups in total. The van der Waals surface area contributed by atoms with E-state index in [2.05, 4.69) is 4.98 Å². The highest BCUT2D eigenvalue weighted by atomic mass is 32.2. The molecule has 0 radical (unpaired) electrons. The number of nitrogens with zero attached hydrogens (tertiary/aromatic N) is 2. The van der Waals surface area contributed by atoms with Gasteiger partial charge in [0.15, 0.2) is 28.9 Å². The lowest BCUT2D eigenvalue weighted by Gasteiger charge is -2.46. The standard InChI is InChI=1S/C24H26N2O10S2/c1-11(16-6-8-25-9-7-16)21-22(31)26(24(37)38-21)23-20(35-15(5)30)19(34-14(4)29)18(33-13(3)28)17(36-23)10-32-12(2)27/h6-9,17-20,23H,10H2,1-5H3/t17-,18-,19+,20-,23-/m1/s1. The molecule has 0 spiro atoms. The average Bonchev–Trinajstić information content (AvgIpc) is 3.13. The number of hydrogen-bond donors (Lipinski definition) is 0. The van der Waals surface area contributed by atoms with Gasteiger partial charge in [0.05, 0.1) is 4.91 Å². The zero-order chi connectivity index (χ0) is 28.1. The molecule has 3 rings (SSSR count). The fourth-order valence-corrected chi connectivity index (χ4v) is 5.33. The lowest BCUT2D eigenvalue weighted by atomic mass is 9.96. The van der Waals surface area contributed by atoms with Gasteiger partial charge >= 0.3 is 23.9 Å². The van der Waals surface area contributed by atoms with Crippen molar-refractivity contribution in [2.75, 3.05) is 6.61 Å². The van der Waals surface area contributed by atoms with Crippen molar-refractivity contribution >= 4 is 63.7 Å². The minimum absolute atomic E-state index is 0.0827. The minimum atomic E-state index is -1.45. The molecule has 14 heteroatoms. The van der Waals surface area contributed by atoms with Crippen molar-refractivity contribution in [1.82, 2.24) is 9.88 Å². The lowest BCUT2D eigenvalue weighted by molar-refractivity contribution is -0.268. The van der Waals surface area contributed by atoms with Gasteiger partial charge in [-0.3, -0.25) is 33.9 Å². The number of thiocarbonyl (C=S) groups is 1. The van der Waals surface area contributed by atoms with Crippen LogP contribution in [-0.2, 0) is 47.7 Å². The van der Waals surface area contributed by atoms with E-state index in [9.17, 15) is 24.0 Å². The first kappa shape index (κ1) is 29.2. The maximum Gasteiger partial charge on any atom is 0.303 e. The number of esters is 4. The Morgan fingerprint density at radius 2 is 1.47 bits per heavy atom. The molecule has 3 heterocycles. The summed E-state index contributed by atoms with van der Waals surface area (Å²) in [5.41, 5.74) is 1.36. The summed E-state index contributed by atoms with van der Waals surface area (Å²) in [4.78, 5) is 66.7. The third-order valence-corrected chi connectivity index (χ3v) is 6.98. The molecule has 5 atom stereocenters. The van der Waals surface area contributed by atoms with E-state index >= 15 is 0 Å². The number of pyridine rings is 1. The van der Waals surface area contributed by atoms with Gasteiger partial charge in [-0.05, 0) is 30.2 Å². The van der Waals surface area contributed by atoms with E-state index in [4.69, 9.17) is 35.9 Å². The summed E-state index contributed by atoms with van der Waals surface area (Å²) in [7, 11) is 0. The van der Waals surface area contributed by atoms with Crippen LogP contribution in [0.1, 0.15) is 40.2 Å². The summed E-state index contributed by atoms with van der Waals surface area (Å²) in [5, 5.41) is 0. The monoisotopic (exact) mass is 566 g/mol. The Morgan fingerprint density at radius 3 is 2.03 bits per heavy atom. The van der Waals surface area contributed by atoms with Crippen LogP contribution < -0.4 is 0 Å². The van der Waals surface area contributed by atoms with Crippen LogP contribution in [0.15, 0.2) is 29.4 Å². The van der Waals surface area contributed by atoms with Crippen LogP contribution in [0.2, 0.25) is 0 Å². The summed E-state index contributed by atoms with van der Waals surface area (Å²) in [5.74, 6) is -3.52. The van der Waals surface area contributed by atoms with Crippen LogP contribution in [0.25, 0.3) is 5.57 Å². The number of rotatable bonds is 7. The number of allylic oxidation sites excluding steroid dienone is 1. The van der Waals surface area contributed by atoms with E-state index in [0.29, 0.717) is 10.5 Å². The number of amides is 1. The first-order valence-corrected chi connectivity index (χ1v) is 12.6. The summed E-state index contributed by atoms with van der Waals surface area (Å²) in [6.45, 7) is 5.84. The Morgan fingerprint density at radius 1 is 0.921 bits per heavy atom. The molecule has 0 saturated carbocycles. The number of carbonyl (C=O) groups excluding carboxylic acids is 5. The van der Waals surface area contributed by atoms with Gasteiger partial charge < -0.3 is 23.7 Å². The van der Waals surface area contributed by atoms with Crippen molar-refractivity contribution in [3.63, 3.8) is 0 Å². The molecule has 1 aromatic rings. The molecule has 0 aromatic carbocycles. The lowest BCUT2D eigenvalue weighted by Crippen LogP contribution is -2.66. The molecule has 2 saturated heterocycles. The van der Waals surface area contributed by atoms with E-state index in [1.165, 1.54) is 6.92 Å². The summed E-state index contributed by atoms with van der Waals surface area (Å²) in [6, 6.07) is 3.46. The Kier molecular flexibility index (Phi) is 9.57. The second-order valence-corrected chi connectivity index (χ2v) is 9.97. The van der Waals surface area contributed by atoms with Crippen LogP contribution in [0, 0.1) is 0 Å². The molecule has 12 nitrogen and oxygen atoms in total. The van der Waals surface area contributed by atoms with Crippen molar-refractivity contribution < 1.29 is 47.7 Å². The third-order valence-electron chi connectivity index (χ3n) is 5.47. The molecular formula is C24H26N2O10S2. The van der Waals surface area contributed by atoms with E-state index in [1.54, 1.807) is 31.5 Å². The Bertz CT molecular complexity index is 1170.